The van der Waals surface area contributed by atoms with E-state index in [1.54, 1.807) is 25.6 Å². The van der Waals surface area contributed by atoms with E-state index in [2.05, 4.69) is 41.1 Å². The number of ether oxygens (including phenoxy) is 1. The van der Waals surface area contributed by atoms with Gasteiger partial charge in [-0.1, -0.05) is 29.8 Å². The molecule has 1 aliphatic heterocycles. The zero-order valence-corrected chi connectivity index (χ0v) is 17.8. The zero-order valence-electron chi connectivity index (χ0n) is 17.8. The van der Waals surface area contributed by atoms with Crippen molar-refractivity contribution >= 4 is 6.08 Å². The van der Waals surface area contributed by atoms with Gasteiger partial charge in [0.25, 0.3) is 0 Å². The number of methoxy groups -OCH3 is 1. The Morgan fingerprint density at radius 1 is 1.17 bits per heavy atom. The van der Waals surface area contributed by atoms with Gasteiger partial charge in [-0.3, -0.25) is 4.90 Å². The van der Waals surface area contributed by atoms with Crippen molar-refractivity contribution in [3.05, 3.63) is 83.2 Å². The average molecular weight is 406 g/mol. The van der Waals surface area contributed by atoms with Crippen LogP contribution in [0.3, 0.4) is 0 Å². The third-order valence-corrected chi connectivity index (χ3v) is 5.81. The van der Waals surface area contributed by atoms with E-state index in [0.717, 1.165) is 54.2 Å². The van der Waals surface area contributed by atoms with E-state index in [-0.39, 0.29) is 11.9 Å². The summed E-state index contributed by atoms with van der Waals surface area (Å²) in [5.41, 5.74) is 5.65. The topological polar surface area (TPSA) is 30.3 Å². The molecule has 2 heterocycles. The maximum Gasteiger partial charge on any atom is 0.143 e. The number of benzene rings is 2. The molecule has 1 atom stereocenters. The van der Waals surface area contributed by atoms with Gasteiger partial charge >= 0.3 is 0 Å². The molecule has 1 aromatic heterocycles. The lowest BCUT2D eigenvalue weighted by molar-refractivity contribution is 0.206. The third-order valence-electron chi connectivity index (χ3n) is 5.81. The number of halogens is 1. The first kappa shape index (κ1) is 20.4. The van der Waals surface area contributed by atoms with Gasteiger partial charge in [0.05, 0.1) is 24.8 Å². The molecule has 0 radical (unpaired) electrons. The molecule has 0 saturated carbocycles. The minimum Gasteiger partial charge on any atom is -0.495 e. The summed E-state index contributed by atoms with van der Waals surface area (Å²) in [4.78, 5) is 6.77. The maximum absolute atomic E-state index is 13.3. The van der Waals surface area contributed by atoms with Gasteiger partial charge in [-0.2, -0.15) is 0 Å². The summed E-state index contributed by atoms with van der Waals surface area (Å²) in [7, 11) is 1.70. The van der Waals surface area contributed by atoms with Gasteiger partial charge < -0.3 is 9.30 Å². The number of hydrogen-bond acceptors (Lipinski definition) is 3. The molecule has 0 amide bonds. The van der Waals surface area contributed by atoms with Crippen molar-refractivity contribution in [3.63, 3.8) is 0 Å². The number of aromatic nitrogens is 2. The van der Waals surface area contributed by atoms with Gasteiger partial charge in [0.2, 0.25) is 0 Å². The average Bonchev–Trinajstić information content (AvgIpc) is 3.20. The molecule has 0 bridgehead atoms. The molecule has 4 nitrogen and oxygen atoms in total. The molecule has 5 heteroatoms. The molecule has 3 aromatic rings. The Balaban J connectivity index is 1.53. The number of hydrogen-bond donors (Lipinski definition) is 0. The molecular formula is C25H28FN3O. The third kappa shape index (κ3) is 4.46. The summed E-state index contributed by atoms with van der Waals surface area (Å²) < 4.78 is 20.9. The Bertz CT molecular complexity index is 1040. The summed E-state index contributed by atoms with van der Waals surface area (Å²) in [6.45, 7) is 6.14. The first-order valence-corrected chi connectivity index (χ1v) is 10.4. The summed E-state index contributed by atoms with van der Waals surface area (Å²) in [6, 6.07) is 13.4. The number of aryl methyl sites for hydroxylation is 1. The summed E-state index contributed by atoms with van der Waals surface area (Å²) in [5.74, 6) is 0.641. The lowest BCUT2D eigenvalue weighted by Gasteiger charge is -2.34. The van der Waals surface area contributed by atoms with E-state index in [0.29, 0.717) is 0 Å². The highest BCUT2D eigenvalue weighted by atomic mass is 19.1. The van der Waals surface area contributed by atoms with E-state index in [1.807, 2.05) is 29.8 Å². The number of rotatable bonds is 5. The first-order chi connectivity index (χ1) is 14.5. The Hall–Kier alpha value is -2.92. The van der Waals surface area contributed by atoms with Crippen LogP contribution >= 0.6 is 0 Å². The van der Waals surface area contributed by atoms with Crippen LogP contribution < -0.4 is 4.74 Å². The minimum absolute atomic E-state index is 0.187. The standard InChI is InChI=1S/C25H28FN3O/c1-18-15-29(17-27-18)24-11-6-20(14-25(24)30-3)13-21-5-4-12-28(16-21)19(2)22-7-9-23(26)10-8-22/h6-11,13-15,17,19H,4-5,12,16H2,1-3H3/b21-13+/t19-/m0/s1. The van der Waals surface area contributed by atoms with Crippen molar-refractivity contribution in [1.82, 2.24) is 14.5 Å². The fourth-order valence-corrected chi connectivity index (χ4v) is 4.11. The lowest BCUT2D eigenvalue weighted by atomic mass is 9.98. The van der Waals surface area contributed by atoms with E-state index < -0.39 is 0 Å². The van der Waals surface area contributed by atoms with Crippen LogP contribution in [0.4, 0.5) is 4.39 Å². The van der Waals surface area contributed by atoms with Crippen LogP contribution in [0.5, 0.6) is 5.75 Å². The number of nitrogens with zero attached hydrogens (tertiary/aromatic N) is 3. The first-order valence-electron chi connectivity index (χ1n) is 10.4. The van der Waals surface area contributed by atoms with Crippen molar-refractivity contribution in [1.29, 1.82) is 0 Å². The summed E-state index contributed by atoms with van der Waals surface area (Å²) in [5, 5.41) is 0. The minimum atomic E-state index is -0.187. The second kappa shape index (κ2) is 8.84. The van der Waals surface area contributed by atoms with Crippen molar-refractivity contribution in [3.8, 4) is 11.4 Å². The van der Waals surface area contributed by atoms with E-state index >= 15 is 0 Å². The second-order valence-corrected chi connectivity index (χ2v) is 7.96. The van der Waals surface area contributed by atoms with Gasteiger partial charge in [0.15, 0.2) is 0 Å². The SMILES string of the molecule is COc1cc(/C=C2\CCCN([C@@H](C)c3ccc(F)cc3)C2)ccc1-n1cnc(C)c1. The Morgan fingerprint density at radius 2 is 1.97 bits per heavy atom. The highest BCUT2D eigenvalue weighted by Crippen LogP contribution is 2.29. The molecule has 0 spiro atoms. The fraction of sp³-hybridized carbons (Fsp3) is 0.320. The predicted molar refractivity (Wildman–Crippen MR) is 118 cm³/mol. The molecule has 30 heavy (non-hydrogen) atoms. The van der Waals surface area contributed by atoms with Gasteiger partial charge in [-0.15, -0.1) is 0 Å². The van der Waals surface area contributed by atoms with Crippen molar-refractivity contribution in [2.75, 3.05) is 20.2 Å². The Labute approximate surface area is 177 Å². The maximum atomic E-state index is 13.3. The summed E-state index contributed by atoms with van der Waals surface area (Å²) in [6.07, 6.45) is 8.29. The molecule has 156 valence electrons. The smallest absolute Gasteiger partial charge is 0.143 e. The number of likely N-dealkylation sites (tertiary alicyclic amines) is 1. The van der Waals surface area contributed by atoms with Crippen LogP contribution in [-0.4, -0.2) is 34.7 Å². The molecule has 0 aliphatic carbocycles. The molecule has 1 fully saturated rings. The van der Waals surface area contributed by atoms with Crippen LogP contribution in [0.25, 0.3) is 11.8 Å². The Kier molecular flexibility index (Phi) is 6.00. The highest BCUT2D eigenvalue weighted by molar-refractivity contribution is 5.60. The second-order valence-electron chi connectivity index (χ2n) is 7.96. The van der Waals surface area contributed by atoms with Gasteiger partial charge in [-0.25, -0.2) is 9.37 Å². The van der Waals surface area contributed by atoms with Crippen LogP contribution in [0.2, 0.25) is 0 Å². The van der Waals surface area contributed by atoms with Crippen LogP contribution in [0, 0.1) is 12.7 Å². The van der Waals surface area contributed by atoms with Crippen LogP contribution in [0.15, 0.2) is 60.6 Å². The van der Waals surface area contributed by atoms with Crippen LogP contribution in [0.1, 0.15) is 42.6 Å². The summed E-state index contributed by atoms with van der Waals surface area (Å²) >= 11 is 0. The number of piperidine rings is 1. The largest absolute Gasteiger partial charge is 0.495 e. The molecule has 2 aromatic carbocycles. The van der Waals surface area contributed by atoms with E-state index in [9.17, 15) is 4.39 Å². The lowest BCUT2D eigenvalue weighted by Crippen LogP contribution is -2.33. The van der Waals surface area contributed by atoms with Crippen molar-refractivity contribution in [2.45, 2.75) is 32.7 Å². The zero-order chi connectivity index (χ0) is 21.1. The highest BCUT2D eigenvalue weighted by Gasteiger charge is 2.21. The monoisotopic (exact) mass is 405 g/mol. The van der Waals surface area contributed by atoms with Crippen molar-refractivity contribution in [2.24, 2.45) is 0 Å². The van der Waals surface area contributed by atoms with E-state index in [1.165, 1.54) is 5.57 Å². The molecule has 4 rings (SSSR count). The Morgan fingerprint density at radius 3 is 2.67 bits per heavy atom. The van der Waals surface area contributed by atoms with Crippen LogP contribution in [-0.2, 0) is 0 Å². The molecule has 0 unspecified atom stereocenters. The predicted octanol–water partition coefficient (Wildman–Crippen LogP) is 5.57. The molecular weight excluding hydrogens is 377 g/mol. The van der Waals surface area contributed by atoms with Gasteiger partial charge in [-0.05, 0) is 68.6 Å². The molecule has 1 aliphatic rings. The van der Waals surface area contributed by atoms with Crippen molar-refractivity contribution < 1.29 is 9.13 Å². The van der Waals surface area contributed by atoms with E-state index in [4.69, 9.17) is 4.74 Å². The molecule has 1 saturated heterocycles. The quantitative estimate of drug-likeness (QED) is 0.556. The number of imidazole rings is 1. The van der Waals surface area contributed by atoms with Gasteiger partial charge in [0, 0.05) is 18.8 Å². The molecule has 0 N–H and O–H groups in total. The van der Waals surface area contributed by atoms with Gasteiger partial charge in [0.1, 0.15) is 11.6 Å². The fourth-order valence-electron chi connectivity index (χ4n) is 4.11. The normalized spacial score (nSPS) is 17.3.